The van der Waals surface area contributed by atoms with Crippen molar-refractivity contribution in [3.8, 4) is 0 Å². The van der Waals surface area contributed by atoms with Gasteiger partial charge in [0.2, 0.25) is 10.0 Å². The normalized spacial score (nSPS) is 15.6. The smallest absolute Gasteiger partial charge is 0.215 e. The second kappa shape index (κ2) is 14.2. The maximum Gasteiger partial charge on any atom is 0.215 e. The Bertz CT molecular complexity index is 705. The van der Waals surface area contributed by atoms with Gasteiger partial charge in [-0.3, -0.25) is 4.99 Å². The third-order valence-electron chi connectivity index (χ3n) is 4.89. The molecule has 0 atom stereocenters. The fourth-order valence-electron chi connectivity index (χ4n) is 3.21. The first kappa shape index (κ1) is 26.1. The van der Waals surface area contributed by atoms with Crippen LogP contribution in [0.3, 0.4) is 0 Å². The van der Waals surface area contributed by atoms with Crippen LogP contribution < -0.4 is 15.4 Å². The van der Waals surface area contributed by atoms with E-state index in [1.165, 1.54) is 39.2 Å². The number of sulfonamides is 1. The highest BCUT2D eigenvalue weighted by Crippen LogP contribution is 2.20. The van der Waals surface area contributed by atoms with Gasteiger partial charge in [-0.1, -0.05) is 43.5 Å². The van der Waals surface area contributed by atoms with Gasteiger partial charge >= 0.3 is 0 Å². The van der Waals surface area contributed by atoms with Gasteiger partial charge in [0.1, 0.15) is 0 Å². The van der Waals surface area contributed by atoms with Gasteiger partial charge < -0.3 is 15.4 Å². The van der Waals surface area contributed by atoms with Crippen LogP contribution in [0.5, 0.6) is 0 Å². The van der Waals surface area contributed by atoms with Crippen molar-refractivity contribution in [1.29, 1.82) is 0 Å². The van der Waals surface area contributed by atoms with Gasteiger partial charge in [-0.2, -0.15) is 0 Å². The number of nitrogens with zero attached hydrogens (tertiary/aromatic N) is 1. The molecule has 1 aromatic rings. The van der Waals surface area contributed by atoms with Crippen molar-refractivity contribution in [3.63, 3.8) is 0 Å². The molecule has 1 fully saturated rings. The molecule has 7 nitrogen and oxygen atoms in total. The first-order valence-corrected chi connectivity index (χ1v) is 11.7. The lowest BCUT2D eigenvalue weighted by molar-refractivity contribution is 0.0277. The Kier molecular flexibility index (Phi) is 12.8. The summed E-state index contributed by atoms with van der Waals surface area (Å²) < 4.78 is 31.4. The number of guanidine groups is 1. The largest absolute Gasteiger partial charge is 0.378 e. The lowest BCUT2D eigenvalue weighted by Crippen LogP contribution is -2.37. The van der Waals surface area contributed by atoms with Gasteiger partial charge in [0.15, 0.2) is 5.96 Å². The van der Waals surface area contributed by atoms with Gasteiger partial charge in [0, 0.05) is 26.7 Å². The Labute approximate surface area is 192 Å². The van der Waals surface area contributed by atoms with Crippen LogP contribution in [0.2, 0.25) is 0 Å². The summed E-state index contributed by atoms with van der Waals surface area (Å²) in [6.07, 6.45) is 7.76. The van der Waals surface area contributed by atoms with Gasteiger partial charge in [-0.15, -0.1) is 24.0 Å². The van der Waals surface area contributed by atoms with Crippen molar-refractivity contribution in [3.05, 3.63) is 35.4 Å². The van der Waals surface area contributed by atoms with E-state index in [4.69, 9.17) is 4.74 Å². The highest BCUT2D eigenvalue weighted by molar-refractivity contribution is 14.0. The van der Waals surface area contributed by atoms with E-state index < -0.39 is 10.0 Å². The molecule has 0 spiro atoms. The van der Waals surface area contributed by atoms with E-state index >= 15 is 0 Å². The molecule has 1 aliphatic carbocycles. The minimum absolute atomic E-state index is 0. The number of halogens is 1. The Morgan fingerprint density at radius 3 is 2.38 bits per heavy atom. The molecular formula is C20H35IN4O3S. The van der Waals surface area contributed by atoms with E-state index in [9.17, 15) is 8.42 Å². The molecule has 0 radical (unpaired) electrons. The maximum atomic E-state index is 11.6. The maximum absolute atomic E-state index is 11.6. The topological polar surface area (TPSA) is 91.8 Å². The minimum Gasteiger partial charge on any atom is -0.378 e. The summed E-state index contributed by atoms with van der Waals surface area (Å²) in [5.41, 5.74) is 1.83. The quantitative estimate of drug-likeness (QED) is 0.185. The standard InChI is InChI=1S/C20H34N4O3S.HI/c1-21-20(23-13-6-14-27-19-7-4-3-5-8-19)24-15-17-9-11-18(12-10-17)16-28(25,26)22-2;/h9-12,19,22H,3-8,13-16H2,1-2H3,(H2,21,23,24);1H. The summed E-state index contributed by atoms with van der Waals surface area (Å²) in [4.78, 5) is 4.23. The minimum atomic E-state index is -3.24. The lowest BCUT2D eigenvalue weighted by atomic mass is 9.98. The van der Waals surface area contributed by atoms with Gasteiger partial charge in [0.25, 0.3) is 0 Å². The molecule has 2 rings (SSSR count). The molecule has 0 aliphatic heterocycles. The summed E-state index contributed by atoms with van der Waals surface area (Å²) >= 11 is 0. The number of benzene rings is 1. The highest BCUT2D eigenvalue weighted by Gasteiger charge is 2.13. The molecule has 29 heavy (non-hydrogen) atoms. The number of ether oxygens (including phenoxy) is 1. The first-order chi connectivity index (χ1) is 13.5. The Hall–Kier alpha value is -0.910. The second-order valence-corrected chi connectivity index (χ2v) is 9.04. The number of rotatable bonds is 10. The van der Waals surface area contributed by atoms with E-state index in [1.807, 2.05) is 24.3 Å². The Balaban J connectivity index is 0.00000420. The third-order valence-corrected chi connectivity index (χ3v) is 6.23. The molecule has 3 N–H and O–H groups in total. The summed E-state index contributed by atoms with van der Waals surface area (Å²) in [7, 11) is -0.0680. The van der Waals surface area contributed by atoms with Crippen LogP contribution in [0.1, 0.15) is 49.7 Å². The predicted molar refractivity (Wildman–Crippen MR) is 129 cm³/mol. The van der Waals surface area contributed by atoms with Crippen LogP contribution in [0, 0.1) is 0 Å². The average molecular weight is 538 g/mol. The van der Waals surface area contributed by atoms with E-state index in [-0.39, 0.29) is 29.7 Å². The van der Waals surface area contributed by atoms with Crippen LogP contribution in [-0.4, -0.2) is 47.7 Å². The zero-order valence-corrected chi connectivity index (χ0v) is 20.6. The van der Waals surface area contributed by atoms with Gasteiger partial charge in [0.05, 0.1) is 11.9 Å². The SMILES string of the molecule is CN=C(NCCCOC1CCCCC1)NCc1ccc(CS(=O)(=O)NC)cc1.I. The van der Waals surface area contributed by atoms with Crippen molar-refractivity contribution in [2.24, 2.45) is 4.99 Å². The third kappa shape index (κ3) is 10.6. The molecule has 0 saturated heterocycles. The van der Waals surface area contributed by atoms with Gasteiger partial charge in [-0.25, -0.2) is 13.1 Å². The summed E-state index contributed by atoms with van der Waals surface area (Å²) in [6.45, 7) is 2.22. The number of nitrogens with one attached hydrogen (secondary N) is 3. The molecule has 0 heterocycles. The molecule has 0 unspecified atom stereocenters. The molecular weight excluding hydrogens is 503 g/mol. The fraction of sp³-hybridized carbons (Fsp3) is 0.650. The van der Waals surface area contributed by atoms with Crippen LogP contribution in [0.25, 0.3) is 0 Å². The number of hydrogen-bond acceptors (Lipinski definition) is 4. The summed E-state index contributed by atoms with van der Waals surface area (Å²) in [5, 5.41) is 6.57. The van der Waals surface area contributed by atoms with Crippen molar-refractivity contribution < 1.29 is 13.2 Å². The molecule has 1 aromatic carbocycles. The van der Waals surface area contributed by atoms with E-state index in [2.05, 4.69) is 20.3 Å². The second-order valence-electron chi connectivity index (χ2n) is 7.12. The summed E-state index contributed by atoms with van der Waals surface area (Å²) in [5.74, 6) is 0.739. The van der Waals surface area contributed by atoms with Crippen molar-refractivity contribution in [2.75, 3.05) is 27.2 Å². The fourth-order valence-corrected chi connectivity index (χ4v) is 3.99. The van der Waals surface area contributed by atoms with Crippen molar-refractivity contribution in [2.45, 2.75) is 56.9 Å². The molecule has 0 bridgehead atoms. The molecule has 9 heteroatoms. The number of hydrogen-bond donors (Lipinski definition) is 3. The van der Waals surface area contributed by atoms with Gasteiger partial charge in [-0.05, 0) is 37.4 Å². The van der Waals surface area contributed by atoms with Crippen molar-refractivity contribution >= 4 is 40.0 Å². The highest BCUT2D eigenvalue weighted by atomic mass is 127. The molecule has 0 aromatic heterocycles. The van der Waals surface area contributed by atoms with Crippen molar-refractivity contribution in [1.82, 2.24) is 15.4 Å². The number of aliphatic imine (C=N–C) groups is 1. The molecule has 1 saturated carbocycles. The van der Waals surface area contributed by atoms with Crippen LogP contribution in [-0.2, 0) is 27.1 Å². The van der Waals surface area contributed by atoms with E-state index in [0.717, 1.165) is 36.7 Å². The molecule has 0 amide bonds. The Morgan fingerprint density at radius 2 is 1.76 bits per heavy atom. The monoisotopic (exact) mass is 538 g/mol. The van der Waals surface area contributed by atoms with Crippen LogP contribution in [0.15, 0.2) is 29.3 Å². The van der Waals surface area contributed by atoms with E-state index in [0.29, 0.717) is 12.6 Å². The molecule has 1 aliphatic rings. The van der Waals surface area contributed by atoms with Crippen LogP contribution in [0.4, 0.5) is 0 Å². The average Bonchev–Trinajstić information content (AvgIpc) is 2.71. The predicted octanol–water partition coefficient (Wildman–Crippen LogP) is 2.76. The molecule has 166 valence electrons. The Morgan fingerprint density at radius 1 is 1.10 bits per heavy atom. The van der Waals surface area contributed by atoms with Crippen LogP contribution >= 0.6 is 24.0 Å². The summed E-state index contributed by atoms with van der Waals surface area (Å²) in [6, 6.07) is 7.53. The van der Waals surface area contributed by atoms with E-state index in [1.54, 1.807) is 7.05 Å². The zero-order valence-electron chi connectivity index (χ0n) is 17.4. The first-order valence-electron chi connectivity index (χ1n) is 10.1. The lowest BCUT2D eigenvalue weighted by Gasteiger charge is -2.22. The zero-order chi connectivity index (χ0) is 20.2.